The minimum atomic E-state index is -1.13. The number of hydrogen-bond donors (Lipinski definition) is 0. The molecule has 23 heavy (non-hydrogen) atoms. The fourth-order valence-electron chi connectivity index (χ4n) is 2.22. The molecule has 6 nitrogen and oxygen atoms in total. The van der Waals surface area contributed by atoms with Gasteiger partial charge < -0.3 is 4.57 Å². The van der Waals surface area contributed by atoms with E-state index in [1.165, 1.54) is 11.3 Å². The summed E-state index contributed by atoms with van der Waals surface area (Å²) in [7, 11) is -1.13. The van der Waals surface area contributed by atoms with Crippen LogP contribution < -0.4 is 0 Å². The molecule has 0 aliphatic rings. The Morgan fingerprint density at radius 1 is 1.22 bits per heavy atom. The van der Waals surface area contributed by atoms with Crippen LogP contribution in [0.3, 0.4) is 0 Å². The Morgan fingerprint density at radius 3 is 2.83 bits per heavy atom. The van der Waals surface area contributed by atoms with E-state index in [2.05, 4.69) is 15.1 Å². The first-order valence-electron chi connectivity index (χ1n) is 7.05. The molecule has 0 fully saturated rings. The van der Waals surface area contributed by atoms with Crippen molar-refractivity contribution in [2.45, 2.75) is 10.9 Å². The molecule has 1 atom stereocenters. The molecule has 1 unspecified atom stereocenters. The Hall–Kier alpha value is -2.32. The fourth-order valence-corrected chi connectivity index (χ4v) is 4.41. The van der Waals surface area contributed by atoms with E-state index in [-0.39, 0.29) is 0 Å². The predicted octanol–water partition coefficient (Wildman–Crippen LogP) is 2.46. The molecule has 0 saturated heterocycles. The highest BCUT2D eigenvalue weighted by Crippen LogP contribution is 2.23. The number of benzene rings is 1. The van der Waals surface area contributed by atoms with Crippen molar-refractivity contribution in [2.24, 2.45) is 0 Å². The van der Waals surface area contributed by atoms with Crippen LogP contribution in [0.5, 0.6) is 0 Å². The van der Waals surface area contributed by atoms with Crippen molar-refractivity contribution in [1.82, 2.24) is 24.1 Å². The zero-order valence-corrected chi connectivity index (χ0v) is 13.7. The third-order valence-corrected chi connectivity index (χ3v) is 5.93. The number of imidazole rings is 2. The molecule has 0 radical (unpaired) electrons. The van der Waals surface area contributed by atoms with Crippen molar-refractivity contribution in [3.05, 3.63) is 55.2 Å². The van der Waals surface area contributed by atoms with Gasteiger partial charge in [0.15, 0.2) is 0 Å². The van der Waals surface area contributed by atoms with Crippen molar-refractivity contribution >= 4 is 27.1 Å². The Labute approximate surface area is 138 Å². The van der Waals surface area contributed by atoms with E-state index in [1.54, 1.807) is 17.0 Å². The highest BCUT2D eigenvalue weighted by Gasteiger charge is 2.14. The lowest BCUT2D eigenvalue weighted by Crippen LogP contribution is -2.06. The summed E-state index contributed by atoms with van der Waals surface area (Å²) in [6.07, 6.45) is 7.17. The second kappa shape index (κ2) is 6.05. The molecule has 0 saturated carbocycles. The highest BCUT2D eigenvalue weighted by molar-refractivity contribution is 7.87. The molecule has 0 amide bonds. The molecule has 4 rings (SSSR count). The first kappa shape index (κ1) is 14.3. The first-order chi connectivity index (χ1) is 11.3. The van der Waals surface area contributed by atoms with Gasteiger partial charge in [-0.05, 0) is 0 Å². The highest BCUT2D eigenvalue weighted by atomic mass is 32.2. The molecule has 0 aliphatic heterocycles. The Morgan fingerprint density at radius 2 is 2.09 bits per heavy atom. The molecule has 0 spiro atoms. The lowest BCUT2D eigenvalue weighted by atomic mass is 10.2. The summed E-state index contributed by atoms with van der Waals surface area (Å²) in [6.45, 7) is 0.657. The zero-order valence-electron chi connectivity index (χ0n) is 12.1. The molecule has 0 bridgehead atoms. The van der Waals surface area contributed by atoms with Gasteiger partial charge >= 0.3 is 0 Å². The summed E-state index contributed by atoms with van der Waals surface area (Å²) in [5.74, 6) is 0.512. The van der Waals surface area contributed by atoms with Gasteiger partial charge in [0.25, 0.3) is 0 Å². The van der Waals surface area contributed by atoms with E-state index in [0.717, 1.165) is 16.2 Å². The quantitative estimate of drug-likeness (QED) is 0.558. The van der Waals surface area contributed by atoms with Crippen LogP contribution >= 0.6 is 11.3 Å². The number of aryl methyl sites for hydroxylation is 1. The average molecular weight is 343 g/mol. The van der Waals surface area contributed by atoms with Gasteiger partial charge in [-0.1, -0.05) is 41.7 Å². The van der Waals surface area contributed by atoms with Gasteiger partial charge in [0.2, 0.25) is 9.30 Å². The number of rotatable bonds is 5. The van der Waals surface area contributed by atoms with Crippen LogP contribution in [0.1, 0.15) is 0 Å². The molecule has 3 heterocycles. The number of aromatic nitrogens is 5. The normalized spacial score (nSPS) is 12.7. The standard InChI is InChI=1S/C15H13N5OS2/c21-23(9-8-19-7-6-16-11-19)15-18-20-10-13(17-14(20)22-15)12-4-2-1-3-5-12/h1-7,10-11H,8-9H2. The van der Waals surface area contributed by atoms with E-state index in [0.29, 0.717) is 16.6 Å². The summed E-state index contributed by atoms with van der Waals surface area (Å²) in [5.41, 5.74) is 1.92. The molecule has 0 aliphatic carbocycles. The van der Waals surface area contributed by atoms with E-state index in [4.69, 9.17) is 0 Å². The first-order valence-corrected chi connectivity index (χ1v) is 9.19. The maximum atomic E-state index is 12.3. The Balaban J connectivity index is 1.53. The monoisotopic (exact) mass is 343 g/mol. The van der Waals surface area contributed by atoms with Gasteiger partial charge in [-0.2, -0.15) is 0 Å². The van der Waals surface area contributed by atoms with Crippen LogP contribution in [0.4, 0.5) is 0 Å². The third kappa shape index (κ3) is 2.95. The van der Waals surface area contributed by atoms with Crippen molar-refractivity contribution in [3.8, 4) is 11.3 Å². The molecule has 4 aromatic rings. The predicted molar refractivity (Wildman–Crippen MR) is 89.8 cm³/mol. The summed E-state index contributed by atoms with van der Waals surface area (Å²) < 4.78 is 16.6. The minimum absolute atomic E-state index is 0.512. The molecule has 1 aromatic carbocycles. The lowest BCUT2D eigenvalue weighted by Gasteiger charge is -1.99. The van der Waals surface area contributed by atoms with Crippen LogP contribution in [-0.4, -0.2) is 34.1 Å². The molecule has 8 heteroatoms. The van der Waals surface area contributed by atoms with Gasteiger partial charge in [0, 0.05) is 30.3 Å². The largest absolute Gasteiger partial charge is 0.337 e. The van der Waals surface area contributed by atoms with Gasteiger partial charge in [0.05, 0.1) is 29.0 Å². The smallest absolute Gasteiger partial charge is 0.213 e. The van der Waals surface area contributed by atoms with Crippen LogP contribution in [0, 0.1) is 0 Å². The van der Waals surface area contributed by atoms with Crippen molar-refractivity contribution in [2.75, 3.05) is 5.75 Å². The molecular weight excluding hydrogens is 330 g/mol. The van der Waals surface area contributed by atoms with Crippen molar-refractivity contribution < 1.29 is 4.21 Å². The van der Waals surface area contributed by atoms with Gasteiger partial charge in [0.1, 0.15) is 0 Å². The summed E-state index contributed by atoms with van der Waals surface area (Å²) in [4.78, 5) is 9.30. The van der Waals surface area contributed by atoms with E-state index in [1.807, 2.05) is 47.3 Å². The van der Waals surface area contributed by atoms with Crippen molar-refractivity contribution in [1.29, 1.82) is 0 Å². The molecular formula is C15H13N5OS2. The van der Waals surface area contributed by atoms with Gasteiger partial charge in [-0.3, -0.25) is 4.21 Å². The van der Waals surface area contributed by atoms with Crippen LogP contribution in [0.2, 0.25) is 0 Å². The fraction of sp³-hybridized carbons (Fsp3) is 0.133. The molecule has 116 valence electrons. The SMILES string of the molecule is O=S(CCn1ccnc1)c1nn2cc(-c3ccccc3)nc2s1. The number of fused-ring (bicyclic) bond motifs is 1. The summed E-state index contributed by atoms with van der Waals surface area (Å²) >= 11 is 1.37. The third-order valence-electron chi connectivity index (χ3n) is 3.38. The zero-order chi connectivity index (χ0) is 15.6. The maximum absolute atomic E-state index is 12.3. The maximum Gasteiger partial charge on any atom is 0.213 e. The lowest BCUT2D eigenvalue weighted by molar-refractivity contribution is 0.670. The Bertz CT molecular complexity index is 912. The van der Waals surface area contributed by atoms with Crippen LogP contribution in [-0.2, 0) is 17.3 Å². The second-order valence-electron chi connectivity index (χ2n) is 4.94. The van der Waals surface area contributed by atoms with Crippen LogP contribution in [0.15, 0.2) is 59.6 Å². The second-order valence-corrected chi connectivity index (χ2v) is 7.64. The van der Waals surface area contributed by atoms with Gasteiger partial charge in [-0.15, -0.1) is 5.10 Å². The minimum Gasteiger partial charge on any atom is -0.337 e. The number of hydrogen-bond acceptors (Lipinski definition) is 5. The summed E-state index contributed by atoms with van der Waals surface area (Å²) in [5, 5.41) is 4.41. The van der Waals surface area contributed by atoms with E-state index in [9.17, 15) is 4.21 Å². The van der Waals surface area contributed by atoms with E-state index >= 15 is 0 Å². The molecule has 0 N–H and O–H groups in total. The summed E-state index contributed by atoms with van der Waals surface area (Å²) in [6, 6.07) is 9.95. The topological polar surface area (TPSA) is 65.1 Å². The average Bonchev–Trinajstić information content (AvgIpc) is 3.29. The van der Waals surface area contributed by atoms with Gasteiger partial charge in [-0.25, -0.2) is 14.5 Å². The van der Waals surface area contributed by atoms with Crippen molar-refractivity contribution in [3.63, 3.8) is 0 Å². The van der Waals surface area contributed by atoms with E-state index < -0.39 is 10.8 Å². The number of nitrogens with zero attached hydrogens (tertiary/aromatic N) is 5. The molecule has 3 aromatic heterocycles. The van der Waals surface area contributed by atoms with Crippen LogP contribution in [0.25, 0.3) is 16.2 Å². The Kier molecular flexibility index (Phi) is 3.76.